The molecule has 0 aliphatic heterocycles. The minimum absolute atomic E-state index is 0.0425. The first-order valence-corrected chi connectivity index (χ1v) is 7.00. The Bertz CT molecular complexity index is 360. The summed E-state index contributed by atoms with van der Waals surface area (Å²) < 4.78 is 5.72. The smallest absolute Gasteiger partial charge is 0.157 e. The van der Waals surface area contributed by atoms with Gasteiger partial charge in [-0.2, -0.15) is 0 Å². The summed E-state index contributed by atoms with van der Waals surface area (Å²) in [6, 6.07) is 2.69. The number of hydrogen-bond donors (Lipinski definition) is 1. The van der Waals surface area contributed by atoms with Gasteiger partial charge in [-0.3, -0.25) is 0 Å². The molecule has 0 amide bonds. The van der Waals surface area contributed by atoms with Gasteiger partial charge in [0.2, 0.25) is 0 Å². The molecule has 0 saturated heterocycles. The number of hydrogen-bond acceptors (Lipinski definition) is 4. The van der Waals surface area contributed by atoms with E-state index in [0.29, 0.717) is 12.6 Å². The van der Waals surface area contributed by atoms with Crippen LogP contribution in [0.25, 0.3) is 0 Å². The second-order valence-corrected chi connectivity index (χ2v) is 4.79. The van der Waals surface area contributed by atoms with Crippen molar-refractivity contribution in [2.45, 2.75) is 58.2 Å². The van der Waals surface area contributed by atoms with Crippen molar-refractivity contribution in [3.63, 3.8) is 0 Å². The highest BCUT2D eigenvalue weighted by Gasteiger charge is 2.20. The summed E-state index contributed by atoms with van der Waals surface area (Å²) in [5, 5.41) is 3.47. The molecule has 1 aliphatic rings. The van der Waals surface area contributed by atoms with Gasteiger partial charge in [0.25, 0.3) is 0 Å². The SMILES string of the molecule is CCCC(OCC)c1nccc(CNC2CC2)n1. The van der Waals surface area contributed by atoms with Crippen molar-refractivity contribution in [2.24, 2.45) is 0 Å². The minimum Gasteiger partial charge on any atom is -0.371 e. The fourth-order valence-corrected chi connectivity index (χ4v) is 1.95. The Labute approximate surface area is 109 Å². The molecule has 1 unspecified atom stereocenters. The Morgan fingerprint density at radius 2 is 2.28 bits per heavy atom. The van der Waals surface area contributed by atoms with E-state index in [4.69, 9.17) is 4.74 Å². The standard InChI is InChI=1S/C14H23N3O/c1-3-5-13(18-4-2)14-15-9-8-12(17-14)10-16-11-6-7-11/h8-9,11,13,16H,3-7,10H2,1-2H3. The molecule has 1 fully saturated rings. The van der Waals surface area contributed by atoms with Crippen LogP contribution >= 0.6 is 0 Å². The molecule has 0 bridgehead atoms. The number of aromatic nitrogens is 2. The van der Waals surface area contributed by atoms with Gasteiger partial charge in [-0.05, 0) is 32.3 Å². The van der Waals surface area contributed by atoms with Gasteiger partial charge in [-0.25, -0.2) is 9.97 Å². The Morgan fingerprint density at radius 1 is 1.44 bits per heavy atom. The van der Waals surface area contributed by atoms with Crippen molar-refractivity contribution in [1.29, 1.82) is 0 Å². The van der Waals surface area contributed by atoms with Crippen molar-refractivity contribution >= 4 is 0 Å². The molecule has 18 heavy (non-hydrogen) atoms. The van der Waals surface area contributed by atoms with Crippen molar-refractivity contribution in [2.75, 3.05) is 6.61 Å². The lowest BCUT2D eigenvalue weighted by atomic mass is 10.2. The highest BCUT2D eigenvalue weighted by atomic mass is 16.5. The van der Waals surface area contributed by atoms with Crippen LogP contribution in [0.4, 0.5) is 0 Å². The summed E-state index contributed by atoms with van der Waals surface area (Å²) in [5.74, 6) is 0.828. The predicted octanol–water partition coefficient (Wildman–Crippen LogP) is 2.61. The number of rotatable bonds is 8. The number of nitrogens with one attached hydrogen (secondary N) is 1. The molecule has 1 aromatic rings. The van der Waals surface area contributed by atoms with E-state index in [1.54, 1.807) is 0 Å². The molecule has 0 radical (unpaired) electrons. The highest BCUT2D eigenvalue weighted by molar-refractivity contribution is 5.05. The molecular weight excluding hydrogens is 226 g/mol. The van der Waals surface area contributed by atoms with Crippen LogP contribution < -0.4 is 5.32 Å². The van der Waals surface area contributed by atoms with E-state index in [0.717, 1.165) is 30.9 Å². The topological polar surface area (TPSA) is 47.0 Å². The lowest BCUT2D eigenvalue weighted by Crippen LogP contribution is -2.18. The Morgan fingerprint density at radius 3 is 2.94 bits per heavy atom. The fraction of sp³-hybridized carbons (Fsp3) is 0.714. The normalized spacial score (nSPS) is 16.8. The molecule has 4 heteroatoms. The van der Waals surface area contributed by atoms with Crippen LogP contribution in [0.5, 0.6) is 0 Å². The van der Waals surface area contributed by atoms with Crippen molar-refractivity contribution in [3.8, 4) is 0 Å². The Balaban J connectivity index is 1.98. The van der Waals surface area contributed by atoms with E-state index in [9.17, 15) is 0 Å². The van der Waals surface area contributed by atoms with Gasteiger partial charge < -0.3 is 10.1 Å². The molecule has 0 aromatic carbocycles. The van der Waals surface area contributed by atoms with E-state index >= 15 is 0 Å². The Hall–Kier alpha value is -1.00. The van der Waals surface area contributed by atoms with Gasteiger partial charge >= 0.3 is 0 Å². The van der Waals surface area contributed by atoms with Crippen LogP contribution in [0.3, 0.4) is 0 Å². The molecule has 4 nitrogen and oxygen atoms in total. The van der Waals surface area contributed by atoms with E-state index in [-0.39, 0.29) is 6.10 Å². The molecule has 2 rings (SSSR count). The van der Waals surface area contributed by atoms with Gasteiger partial charge in [0.05, 0.1) is 5.69 Å². The lowest BCUT2D eigenvalue weighted by Gasteiger charge is -2.15. The van der Waals surface area contributed by atoms with Gasteiger partial charge in [-0.15, -0.1) is 0 Å². The fourth-order valence-electron chi connectivity index (χ4n) is 1.95. The molecule has 1 atom stereocenters. The number of nitrogens with zero attached hydrogens (tertiary/aromatic N) is 2. The zero-order valence-corrected chi connectivity index (χ0v) is 11.4. The van der Waals surface area contributed by atoms with Crippen LogP contribution in [0, 0.1) is 0 Å². The van der Waals surface area contributed by atoms with E-state index in [1.165, 1.54) is 12.8 Å². The summed E-state index contributed by atoms with van der Waals surface area (Å²) in [7, 11) is 0. The molecule has 100 valence electrons. The van der Waals surface area contributed by atoms with Crippen molar-refractivity contribution in [1.82, 2.24) is 15.3 Å². The van der Waals surface area contributed by atoms with Gasteiger partial charge in [-0.1, -0.05) is 13.3 Å². The second-order valence-electron chi connectivity index (χ2n) is 4.79. The maximum atomic E-state index is 5.72. The second kappa shape index (κ2) is 6.81. The molecule has 1 saturated carbocycles. The van der Waals surface area contributed by atoms with E-state index in [1.807, 2.05) is 19.2 Å². The third-order valence-corrected chi connectivity index (χ3v) is 3.09. The predicted molar refractivity (Wildman–Crippen MR) is 71.2 cm³/mol. The maximum Gasteiger partial charge on any atom is 0.157 e. The molecule has 1 heterocycles. The summed E-state index contributed by atoms with van der Waals surface area (Å²) in [5.41, 5.74) is 1.06. The first-order valence-electron chi connectivity index (χ1n) is 7.00. The zero-order valence-electron chi connectivity index (χ0n) is 11.4. The first kappa shape index (κ1) is 13.4. The lowest BCUT2D eigenvalue weighted by molar-refractivity contribution is 0.0492. The van der Waals surface area contributed by atoms with E-state index < -0.39 is 0 Å². The molecule has 1 aromatic heterocycles. The van der Waals surface area contributed by atoms with Crippen LogP contribution in [-0.4, -0.2) is 22.6 Å². The zero-order chi connectivity index (χ0) is 12.8. The number of ether oxygens (including phenoxy) is 1. The van der Waals surface area contributed by atoms with Gasteiger partial charge in [0, 0.05) is 25.4 Å². The third-order valence-electron chi connectivity index (χ3n) is 3.09. The first-order chi connectivity index (χ1) is 8.83. The van der Waals surface area contributed by atoms with E-state index in [2.05, 4.69) is 22.2 Å². The average Bonchev–Trinajstić information content (AvgIpc) is 3.21. The summed E-state index contributed by atoms with van der Waals surface area (Å²) in [6.07, 6.45) is 6.55. The Kier molecular flexibility index (Phi) is 5.08. The summed E-state index contributed by atoms with van der Waals surface area (Å²) >= 11 is 0. The van der Waals surface area contributed by atoms with Crippen molar-refractivity contribution in [3.05, 3.63) is 23.8 Å². The summed E-state index contributed by atoms with van der Waals surface area (Å²) in [6.45, 7) is 5.72. The largest absolute Gasteiger partial charge is 0.371 e. The maximum absolute atomic E-state index is 5.72. The molecule has 1 N–H and O–H groups in total. The van der Waals surface area contributed by atoms with Crippen LogP contribution in [-0.2, 0) is 11.3 Å². The molecular formula is C14H23N3O. The third kappa shape index (κ3) is 4.03. The molecule has 0 spiro atoms. The van der Waals surface area contributed by atoms with Crippen molar-refractivity contribution < 1.29 is 4.74 Å². The quantitative estimate of drug-likeness (QED) is 0.769. The van der Waals surface area contributed by atoms with Crippen LogP contribution in [0.1, 0.15) is 57.2 Å². The minimum atomic E-state index is 0.0425. The van der Waals surface area contributed by atoms with Crippen LogP contribution in [0.2, 0.25) is 0 Å². The average molecular weight is 249 g/mol. The van der Waals surface area contributed by atoms with Gasteiger partial charge in [0.15, 0.2) is 5.82 Å². The molecule has 1 aliphatic carbocycles. The van der Waals surface area contributed by atoms with Crippen LogP contribution in [0.15, 0.2) is 12.3 Å². The van der Waals surface area contributed by atoms with Gasteiger partial charge in [0.1, 0.15) is 6.10 Å². The monoisotopic (exact) mass is 249 g/mol. The highest BCUT2D eigenvalue weighted by Crippen LogP contribution is 2.21. The summed E-state index contributed by atoms with van der Waals surface area (Å²) in [4.78, 5) is 8.97.